The largest absolute Gasteiger partial charge is 0.465 e. The Morgan fingerprint density at radius 2 is 1.83 bits per heavy atom. The first-order valence-corrected chi connectivity index (χ1v) is 8.48. The van der Waals surface area contributed by atoms with Crippen molar-refractivity contribution in [3.63, 3.8) is 0 Å². The fourth-order valence-electron chi connectivity index (χ4n) is 2.78. The molecule has 0 aliphatic carbocycles. The van der Waals surface area contributed by atoms with Gasteiger partial charge in [0.05, 0.1) is 23.9 Å². The Hall–Kier alpha value is -2.46. The van der Waals surface area contributed by atoms with Crippen LogP contribution in [0, 0.1) is 0 Å². The molecule has 1 aromatic heterocycles. The van der Waals surface area contributed by atoms with E-state index in [-0.39, 0.29) is 5.97 Å². The van der Waals surface area contributed by atoms with Crippen LogP contribution in [-0.2, 0) is 11.2 Å². The Labute approximate surface area is 149 Å². The number of para-hydroxylation sites is 1. The lowest BCUT2D eigenvalue weighted by molar-refractivity contribution is 0.0602. The third kappa shape index (κ3) is 3.10. The predicted molar refractivity (Wildman–Crippen MR) is 100 cm³/mol. The van der Waals surface area contributed by atoms with Crippen LogP contribution in [0.3, 0.4) is 0 Å². The molecule has 0 atom stereocenters. The fraction of sp³-hybridized carbons (Fsp3) is 0.100. The van der Waals surface area contributed by atoms with Crippen molar-refractivity contribution in [3.8, 4) is 11.3 Å². The molecule has 0 fully saturated rings. The van der Waals surface area contributed by atoms with Gasteiger partial charge in [-0.3, -0.25) is 0 Å². The summed E-state index contributed by atoms with van der Waals surface area (Å²) in [6.07, 6.45) is 2.53. The highest BCUT2D eigenvalue weighted by molar-refractivity contribution is 9.11. The van der Waals surface area contributed by atoms with Gasteiger partial charge in [-0.2, -0.15) is 0 Å². The molecule has 3 rings (SSSR count). The van der Waals surface area contributed by atoms with Crippen LogP contribution in [0.5, 0.6) is 0 Å². The average Bonchev–Trinajstić information content (AvgIpc) is 2.65. The van der Waals surface area contributed by atoms with Crippen LogP contribution in [-0.4, -0.2) is 18.1 Å². The second-order valence-electron chi connectivity index (χ2n) is 5.25. The molecule has 1 heterocycles. The molecule has 24 heavy (non-hydrogen) atoms. The topological polar surface area (TPSA) is 39.2 Å². The number of allylic oxidation sites excluding steroid dienone is 1. The quantitative estimate of drug-likeness (QED) is 0.587. The van der Waals surface area contributed by atoms with Crippen molar-refractivity contribution >= 4 is 32.8 Å². The van der Waals surface area contributed by atoms with Gasteiger partial charge in [-0.25, -0.2) is 9.78 Å². The summed E-state index contributed by atoms with van der Waals surface area (Å²) in [4.78, 5) is 19.1. The second-order valence-corrected chi connectivity index (χ2v) is 5.78. The van der Waals surface area contributed by atoms with Gasteiger partial charge in [0.1, 0.15) is 0 Å². The standard InChI is InChI=1S/C20H16BrNO2/c1-24-20(23)18-15-10-5-6-12-17(15)22-19(16(18)11-7-13-21)14-8-3-2-4-9-14/h2-10,12-13H,11H2,1H3. The number of benzene rings is 2. The Bertz CT molecular complexity index is 904. The maximum Gasteiger partial charge on any atom is 0.338 e. The lowest BCUT2D eigenvalue weighted by Crippen LogP contribution is -2.09. The van der Waals surface area contributed by atoms with E-state index in [4.69, 9.17) is 9.72 Å². The monoisotopic (exact) mass is 381 g/mol. The van der Waals surface area contributed by atoms with Crippen LogP contribution < -0.4 is 0 Å². The molecule has 3 aromatic rings. The minimum Gasteiger partial charge on any atom is -0.465 e. The first kappa shape index (κ1) is 16.4. The molecule has 0 N–H and O–H groups in total. The Morgan fingerprint density at radius 3 is 2.54 bits per heavy atom. The number of aromatic nitrogens is 1. The molecular weight excluding hydrogens is 366 g/mol. The normalized spacial score (nSPS) is 11.1. The third-order valence-corrected chi connectivity index (χ3v) is 4.21. The molecule has 0 aliphatic rings. The summed E-state index contributed by atoms with van der Waals surface area (Å²) in [7, 11) is 1.41. The van der Waals surface area contributed by atoms with Gasteiger partial charge in [0, 0.05) is 10.9 Å². The van der Waals surface area contributed by atoms with E-state index in [1.54, 1.807) is 4.99 Å². The van der Waals surface area contributed by atoms with Gasteiger partial charge in [0.2, 0.25) is 0 Å². The van der Waals surface area contributed by atoms with Gasteiger partial charge >= 0.3 is 5.97 Å². The Kier molecular flexibility index (Phi) is 5.06. The zero-order valence-electron chi connectivity index (χ0n) is 13.2. The van der Waals surface area contributed by atoms with Gasteiger partial charge in [-0.05, 0) is 23.0 Å². The maximum absolute atomic E-state index is 12.5. The van der Waals surface area contributed by atoms with Gasteiger partial charge in [-0.1, -0.05) is 70.5 Å². The highest BCUT2D eigenvalue weighted by Gasteiger charge is 2.21. The molecule has 2 aromatic carbocycles. The van der Waals surface area contributed by atoms with E-state index in [1.165, 1.54) is 7.11 Å². The Balaban J connectivity index is 2.39. The summed E-state index contributed by atoms with van der Waals surface area (Å²) < 4.78 is 5.05. The number of rotatable bonds is 4. The highest BCUT2D eigenvalue weighted by Crippen LogP contribution is 2.31. The van der Waals surface area contributed by atoms with Gasteiger partial charge < -0.3 is 4.74 Å². The zero-order chi connectivity index (χ0) is 16.9. The first-order chi connectivity index (χ1) is 11.8. The first-order valence-electron chi connectivity index (χ1n) is 7.57. The molecule has 0 spiro atoms. The number of nitrogens with zero attached hydrogens (tertiary/aromatic N) is 1. The molecule has 120 valence electrons. The lowest BCUT2D eigenvalue weighted by Gasteiger charge is -2.15. The maximum atomic E-state index is 12.5. The number of carbonyl (C=O) groups excluding carboxylic acids is 1. The van der Waals surface area contributed by atoms with Crippen LogP contribution >= 0.6 is 15.9 Å². The molecule has 0 aliphatic heterocycles. The number of fused-ring (bicyclic) bond motifs is 1. The number of methoxy groups -OCH3 is 1. The lowest BCUT2D eigenvalue weighted by atomic mass is 9.94. The van der Waals surface area contributed by atoms with Crippen molar-refractivity contribution in [1.29, 1.82) is 0 Å². The molecule has 0 amide bonds. The van der Waals surface area contributed by atoms with E-state index in [0.29, 0.717) is 12.0 Å². The number of pyridine rings is 1. The minimum absolute atomic E-state index is 0.344. The molecule has 0 radical (unpaired) electrons. The van der Waals surface area contributed by atoms with E-state index in [1.807, 2.05) is 60.7 Å². The van der Waals surface area contributed by atoms with Gasteiger partial charge in [0.15, 0.2) is 0 Å². The summed E-state index contributed by atoms with van der Waals surface area (Å²) in [5, 5.41) is 0.807. The number of ether oxygens (including phenoxy) is 1. The van der Waals surface area contributed by atoms with Crippen LogP contribution in [0.2, 0.25) is 0 Å². The van der Waals surface area contributed by atoms with Gasteiger partial charge in [-0.15, -0.1) is 0 Å². The summed E-state index contributed by atoms with van der Waals surface area (Å²) in [5.41, 5.74) is 4.00. The van der Waals surface area contributed by atoms with Crippen LogP contribution in [0.25, 0.3) is 22.2 Å². The molecule has 3 nitrogen and oxygen atoms in total. The predicted octanol–water partition coefficient (Wildman–Crippen LogP) is 5.14. The highest BCUT2D eigenvalue weighted by atomic mass is 79.9. The fourth-order valence-corrected chi connectivity index (χ4v) is 2.97. The number of hydrogen-bond acceptors (Lipinski definition) is 3. The second kappa shape index (κ2) is 7.41. The van der Waals surface area contributed by atoms with E-state index in [2.05, 4.69) is 15.9 Å². The molecule has 0 saturated heterocycles. The van der Waals surface area contributed by atoms with Crippen molar-refractivity contribution in [2.45, 2.75) is 6.42 Å². The minimum atomic E-state index is -0.344. The average molecular weight is 382 g/mol. The van der Waals surface area contributed by atoms with Crippen LogP contribution in [0.4, 0.5) is 0 Å². The number of halogens is 1. The summed E-state index contributed by atoms with van der Waals surface area (Å²) in [5.74, 6) is -0.344. The van der Waals surface area contributed by atoms with E-state index >= 15 is 0 Å². The smallest absolute Gasteiger partial charge is 0.338 e. The van der Waals surface area contributed by atoms with Crippen molar-refractivity contribution in [3.05, 3.63) is 76.8 Å². The molecule has 0 saturated carbocycles. The van der Waals surface area contributed by atoms with Crippen LogP contribution in [0.1, 0.15) is 15.9 Å². The summed E-state index contributed by atoms with van der Waals surface area (Å²) in [6, 6.07) is 17.5. The van der Waals surface area contributed by atoms with Gasteiger partial charge in [0.25, 0.3) is 0 Å². The van der Waals surface area contributed by atoms with Crippen molar-refractivity contribution in [1.82, 2.24) is 4.98 Å². The number of hydrogen-bond donors (Lipinski definition) is 0. The number of carbonyl (C=O) groups is 1. The third-order valence-electron chi connectivity index (χ3n) is 3.84. The molecule has 0 bridgehead atoms. The Morgan fingerprint density at radius 1 is 1.12 bits per heavy atom. The van der Waals surface area contributed by atoms with E-state index < -0.39 is 0 Å². The number of esters is 1. The molecule has 4 heteroatoms. The van der Waals surface area contributed by atoms with E-state index in [0.717, 1.165) is 27.7 Å². The van der Waals surface area contributed by atoms with E-state index in [9.17, 15) is 4.79 Å². The van der Waals surface area contributed by atoms with Crippen molar-refractivity contribution in [2.24, 2.45) is 0 Å². The SMILES string of the molecule is COC(=O)c1c(CC=CBr)c(-c2ccccc2)nc2ccccc12. The molecular formula is C20H16BrNO2. The summed E-state index contributed by atoms with van der Waals surface area (Å²) >= 11 is 3.30. The van der Waals surface area contributed by atoms with Crippen LogP contribution in [0.15, 0.2) is 65.7 Å². The van der Waals surface area contributed by atoms with Crippen molar-refractivity contribution < 1.29 is 9.53 Å². The molecule has 0 unspecified atom stereocenters. The van der Waals surface area contributed by atoms with Crippen molar-refractivity contribution in [2.75, 3.05) is 7.11 Å². The summed E-state index contributed by atoms with van der Waals surface area (Å²) in [6.45, 7) is 0. The zero-order valence-corrected chi connectivity index (χ0v) is 14.8.